The van der Waals surface area contributed by atoms with E-state index in [1.807, 2.05) is 29.2 Å². The number of carboxylic acid groups (broad SMARTS) is 1. The lowest BCUT2D eigenvalue weighted by atomic mass is 9.88. The lowest BCUT2D eigenvalue weighted by Gasteiger charge is -2.35. The summed E-state index contributed by atoms with van der Waals surface area (Å²) in [7, 11) is 0. The smallest absolute Gasteiger partial charge is 0.312 e. The fourth-order valence-electron chi connectivity index (χ4n) is 3.90. The molecule has 0 radical (unpaired) electrons. The van der Waals surface area contributed by atoms with Gasteiger partial charge in [-0.25, -0.2) is 0 Å². The first kappa shape index (κ1) is 13.8. The molecule has 1 heterocycles. The Labute approximate surface area is 130 Å². The van der Waals surface area contributed by atoms with Gasteiger partial charge in [-0.05, 0) is 48.6 Å². The van der Waals surface area contributed by atoms with Crippen molar-refractivity contribution in [1.82, 2.24) is 4.90 Å². The molecule has 2 fully saturated rings. The van der Waals surface area contributed by atoms with Gasteiger partial charge in [-0.2, -0.15) is 0 Å². The first-order valence-corrected chi connectivity index (χ1v) is 8.24. The predicted octanol–water partition coefficient (Wildman–Crippen LogP) is 2.63. The zero-order valence-electron chi connectivity index (χ0n) is 12.6. The summed E-state index contributed by atoms with van der Waals surface area (Å²) >= 11 is 0. The first-order valence-electron chi connectivity index (χ1n) is 8.24. The Morgan fingerprint density at radius 3 is 2.32 bits per heavy atom. The monoisotopic (exact) mass is 299 g/mol. The van der Waals surface area contributed by atoms with Crippen molar-refractivity contribution < 1.29 is 14.7 Å². The van der Waals surface area contributed by atoms with Crippen LogP contribution in [0.5, 0.6) is 0 Å². The minimum atomic E-state index is -0.834. The highest BCUT2D eigenvalue weighted by molar-refractivity contribution is 5.83. The highest BCUT2D eigenvalue weighted by Gasteiger charge is 2.48. The van der Waals surface area contributed by atoms with Gasteiger partial charge in [-0.3, -0.25) is 9.59 Å². The average Bonchev–Trinajstić information content (AvgIpc) is 3.40. The van der Waals surface area contributed by atoms with E-state index in [4.69, 9.17) is 0 Å². The van der Waals surface area contributed by atoms with Crippen LogP contribution in [0.4, 0.5) is 0 Å². The third-order valence-corrected chi connectivity index (χ3v) is 5.35. The molecule has 1 amide bonds. The highest BCUT2D eigenvalue weighted by atomic mass is 16.4. The van der Waals surface area contributed by atoms with Crippen molar-refractivity contribution in [3.63, 3.8) is 0 Å². The predicted molar refractivity (Wildman–Crippen MR) is 81.2 cm³/mol. The van der Waals surface area contributed by atoms with Gasteiger partial charge in [-0.15, -0.1) is 0 Å². The maximum Gasteiger partial charge on any atom is 0.312 e. The molecular weight excluding hydrogens is 278 g/mol. The van der Waals surface area contributed by atoms with Crippen LogP contribution >= 0.6 is 0 Å². The van der Waals surface area contributed by atoms with Crippen LogP contribution in [0.3, 0.4) is 0 Å². The van der Waals surface area contributed by atoms with Crippen molar-refractivity contribution in [2.24, 2.45) is 17.8 Å². The van der Waals surface area contributed by atoms with E-state index >= 15 is 0 Å². The second kappa shape index (κ2) is 5.11. The Morgan fingerprint density at radius 1 is 1.09 bits per heavy atom. The standard InChI is InChI=1S/C18H21NO3/c20-17(16(11-5-6-11)12-7-8-12)19-9-13-3-1-2-4-14(13)15(10-19)18(21)22/h1-4,11-12,15-16H,5-10H2,(H,21,22). The highest BCUT2D eigenvalue weighted by Crippen LogP contribution is 2.50. The van der Waals surface area contributed by atoms with E-state index in [1.165, 1.54) is 25.7 Å². The van der Waals surface area contributed by atoms with E-state index in [2.05, 4.69) is 0 Å². The van der Waals surface area contributed by atoms with E-state index in [9.17, 15) is 14.7 Å². The number of fused-ring (bicyclic) bond motifs is 1. The first-order chi connectivity index (χ1) is 10.6. The molecule has 1 aromatic carbocycles. The second-order valence-corrected chi connectivity index (χ2v) is 7.01. The maximum absolute atomic E-state index is 13.0. The third-order valence-electron chi connectivity index (χ3n) is 5.35. The molecule has 0 spiro atoms. The van der Waals surface area contributed by atoms with Gasteiger partial charge in [0.15, 0.2) is 0 Å². The van der Waals surface area contributed by atoms with Crippen molar-refractivity contribution in [2.75, 3.05) is 6.54 Å². The van der Waals surface area contributed by atoms with Crippen LogP contribution in [0.1, 0.15) is 42.7 Å². The van der Waals surface area contributed by atoms with Crippen LogP contribution in [-0.2, 0) is 16.1 Å². The van der Waals surface area contributed by atoms with Crippen molar-refractivity contribution in [2.45, 2.75) is 38.1 Å². The molecule has 2 saturated carbocycles. The Hall–Kier alpha value is -1.84. The Morgan fingerprint density at radius 2 is 1.73 bits per heavy atom. The summed E-state index contributed by atoms with van der Waals surface area (Å²) in [6.45, 7) is 0.885. The number of aliphatic carboxylic acids is 1. The number of nitrogens with zero attached hydrogens (tertiary/aromatic N) is 1. The summed E-state index contributed by atoms with van der Waals surface area (Å²) in [4.78, 5) is 26.4. The zero-order chi connectivity index (χ0) is 15.3. The zero-order valence-corrected chi connectivity index (χ0v) is 12.6. The van der Waals surface area contributed by atoms with Gasteiger partial charge in [0.25, 0.3) is 0 Å². The number of benzene rings is 1. The number of carboxylic acids is 1. The molecule has 1 aromatic rings. The molecule has 1 N–H and O–H groups in total. The molecule has 1 unspecified atom stereocenters. The fourth-order valence-corrected chi connectivity index (χ4v) is 3.90. The number of hydrogen-bond donors (Lipinski definition) is 1. The molecule has 4 nitrogen and oxygen atoms in total. The van der Waals surface area contributed by atoms with E-state index in [-0.39, 0.29) is 11.8 Å². The number of carbonyl (C=O) groups excluding carboxylic acids is 1. The molecule has 0 aromatic heterocycles. The van der Waals surface area contributed by atoms with Gasteiger partial charge < -0.3 is 10.0 Å². The van der Waals surface area contributed by atoms with Gasteiger partial charge in [0.05, 0.1) is 5.92 Å². The average molecular weight is 299 g/mol. The molecule has 4 heteroatoms. The summed E-state index contributed by atoms with van der Waals surface area (Å²) in [6, 6.07) is 7.64. The van der Waals surface area contributed by atoms with Crippen LogP contribution < -0.4 is 0 Å². The molecule has 22 heavy (non-hydrogen) atoms. The van der Waals surface area contributed by atoms with Crippen LogP contribution in [0.15, 0.2) is 24.3 Å². The molecule has 4 rings (SSSR count). The normalized spacial score (nSPS) is 24.2. The van der Waals surface area contributed by atoms with Crippen LogP contribution in [0.25, 0.3) is 0 Å². The molecule has 2 aliphatic carbocycles. The number of hydrogen-bond acceptors (Lipinski definition) is 2. The summed E-state index contributed by atoms with van der Waals surface area (Å²) in [6.07, 6.45) is 4.67. The van der Waals surface area contributed by atoms with Gasteiger partial charge in [0.1, 0.15) is 0 Å². The van der Waals surface area contributed by atoms with Gasteiger partial charge in [0, 0.05) is 19.0 Å². The Kier molecular flexibility index (Phi) is 3.21. The molecule has 1 aliphatic heterocycles. The third kappa shape index (κ3) is 2.40. The van der Waals surface area contributed by atoms with Gasteiger partial charge in [-0.1, -0.05) is 24.3 Å². The second-order valence-electron chi connectivity index (χ2n) is 7.01. The van der Waals surface area contributed by atoms with E-state index in [1.54, 1.807) is 0 Å². The molecule has 0 saturated heterocycles. The molecule has 116 valence electrons. The van der Waals surface area contributed by atoms with Crippen LogP contribution in [-0.4, -0.2) is 28.4 Å². The van der Waals surface area contributed by atoms with Crippen molar-refractivity contribution in [3.05, 3.63) is 35.4 Å². The molecule has 1 atom stereocenters. The van der Waals surface area contributed by atoms with Crippen LogP contribution in [0.2, 0.25) is 0 Å². The Bertz CT molecular complexity index is 607. The van der Waals surface area contributed by atoms with E-state index in [0.29, 0.717) is 24.9 Å². The lowest BCUT2D eigenvalue weighted by molar-refractivity contribution is -0.143. The SMILES string of the molecule is O=C(O)C1CN(C(=O)C(C2CC2)C2CC2)Cc2ccccc21. The maximum atomic E-state index is 13.0. The number of amides is 1. The number of rotatable bonds is 4. The Balaban J connectivity index is 1.60. The summed E-state index contributed by atoms with van der Waals surface area (Å²) < 4.78 is 0. The lowest BCUT2D eigenvalue weighted by Crippen LogP contribution is -2.44. The molecule has 0 bridgehead atoms. The number of carbonyl (C=O) groups is 2. The summed E-state index contributed by atoms with van der Waals surface area (Å²) in [5.41, 5.74) is 1.85. The largest absolute Gasteiger partial charge is 0.481 e. The summed E-state index contributed by atoms with van der Waals surface area (Å²) in [5, 5.41) is 9.53. The topological polar surface area (TPSA) is 57.6 Å². The molecular formula is C18H21NO3. The van der Waals surface area contributed by atoms with Crippen LogP contribution in [0, 0.1) is 17.8 Å². The van der Waals surface area contributed by atoms with Crippen molar-refractivity contribution in [1.29, 1.82) is 0 Å². The van der Waals surface area contributed by atoms with Crippen molar-refractivity contribution >= 4 is 11.9 Å². The van der Waals surface area contributed by atoms with Gasteiger partial charge >= 0.3 is 5.97 Å². The van der Waals surface area contributed by atoms with E-state index < -0.39 is 11.9 Å². The summed E-state index contributed by atoms with van der Waals surface area (Å²) in [5.74, 6) is 0.0404. The molecule has 3 aliphatic rings. The van der Waals surface area contributed by atoms with Crippen molar-refractivity contribution in [3.8, 4) is 0 Å². The minimum Gasteiger partial charge on any atom is -0.481 e. The fraction of sp³-hybridized carbons (Fsp3) is 0.556. The van der Waals surface area contributed by atoms with E-state index in [0.717, 1.165) is 11.1 Å². The van der Waals surface area contributed by atoms with Gasteiger partial charge in [0.2, 0.25) is 5.91 Å². The minimum absolute atomic E-state index is 0.153. The quantitative estimate of drug-likeness (QED) is 0.930.